The smallest absolute Gasteiger partial charge is 0.263 e. The average molecular weight is 349 g/mol. The van der Waals surface area contributed by atoms with Crippen LogP contribution in [0.4, 0.5) is 5.82 Å². The van der Waals surface area contributed by atoms with Crippen molar-refractivity contribution in [1.82, 2.24) is 4.98 Å². The first-order chi connectivity index (χ1) is 11.0. The van der Waals surface area contributed by atoms with Crippen molar-refractivity contribution in [1.29, 1.82) is 0 Å². The van der Waals surface area contributed by atoms with E-state index in [9.17, 15) is 8.42 Å². The van der Waals surface area contributed by atoms with Crippen LogP contribution in [0.15, 0.2) is 59.6 Å². The number of rotatable bonds is 4. The van der Waals surface area contributed by atoms with Crippen LogP contribution in [0.3, 0.4) is 0 Å². The lowest BCUT2D eigenvalue weighted by atomic mass is 10.1. The standard InChI is InChI=1S/C16H13ClN2O3S/c1-22-14-7-8-15(13-5-3-2-4-12(13)14)23(20,21)19-16-9-6-11(17)10-18-16/h2-10H,1H3,(H,18,19). The van der Waals surface area contributed by atoms with Crippen molar-refractivity contribution in [2.45, 2.75) is 4.90 Å². The van der Waals surface area contributed by atoms with Gasteiger partial charge in [-0.3, -0.25) is 4.72 Å². The maximum absolute atomic E-state index is 12.7. The van der Waals surface area contributed by atoms with E-state index in [1.54, 1.807) is 31.4 Å². The second-order valence-corrected chi connectivity index (χ2v) is 6.87. The highest BCUT2D eigenvalue weighted by Crippen LogP contribution is 2.31. The van der Waals surface area contributed by atoms with Crippen molar-refractivity contribution in [3.63, 3.8) is 0 Å². The Balaban J connectivity index is 2.10. The molecule has 0 aliphatic heterocycles. The molecular formula is C16H13ClN2O3S. The lowest BCUT2D eigenvalue weighted by Gasteiger charge is -2.12. The number of hydrogen-bond donors (Lipinski definition) is 1. The quantitative estimate of drug-likeness (QED) is 0.780. The van der Waals surface area contributed by atoms with Gasteiger partial charge in [0.25, 0.3) is 10.0 Å². The average Bonchev–Trinajstić information content (AvgIpc) is 2.55. The number of halogens is 1. The second-order valence-electron chi connectivity index (χ2n) is 4.78. The van der Waals surface area contributed by atoms with Gasteiger partial charge in [0.1, 0.15) is 11.6 Å². The van der Waals surface area contributed by atoms with E-state index in [0.717, 1.165) is 5.39 Å². The van der Waals surface area contributed by atoms with Gasteiger partial charge in [0, 0.05) is 17.0 Å². The Bertz CT molecular complexity index is 957. The Morgan fingerprint density at radius 2 is 1.78 bits per heavy atom. The minimum atomic E-state index is -3.79. The number of aromatic nitrogens is 1. The van der Waals surface area contributed by atoms with Gasteiger partial charge in [-0.15, -0.1) is 0 Å². The predicted molar refractivity (Wildman–Crippen MR) is 90.6 cm³/mol. The van der Waals surface area contributed by atoms with E-state index in [1.165, 1.54) is 18.3 Å². The van der Waals surface area contributed by atoms with Crippen molar-refractivity contribution in [2.75, 3.05) is 11.8 Å². The number of nitrogens with one attached hydrogen (secondary N) is 1. The Morgan fingerprint density at radius 1 is 1.04 bits per heavy atom. The second kappa shape index (κ2) is 6.06. The van der Waals surface area contributed by atoms with Crippen LogP contribution in [0.2, 0.25) is 5.02 Å². The lowest BCUT2D eigenvalue weighted by molar-refractivity contribution is 0.419. The summed E-state index contributed by atoms with van der Waals surface area (Å²) in [4.78, 5) is 4.11. The normalized spacial score (nSPS) is 11.4. The molecule has 0 saturated heterocycles. The molecule has 0 amide bonds. The molecule has 1 aromatic heterocycles. The minimum Gasteiger partial charge on any atom is -0.496 e. The van der Waals surface area contributed by atoms with Crippen molar-refractivity contribution in [3.8, 4) is 5.75 Å². The van der Waals surface area contributed by atoms with Crippen LogP contribution in [-0.4, -0.2) is 20.5 Å². The zero-order valence-electron chi connectivity index (χ0n) is 12.2. The molecule has 1 N–H and O–H groups in total. The molecule has 3 rings (SSSR count). The van der Waals surface area contributed by atoms with Crippen molar-refractivity contribution in [3.05, 3.63) is 59.8 Å². The van der Waals surface area contributed by atoms with Crippen molar-refractivity contribution >= 4 is 38.2 Å². The molecule has 5 nitrogen and oxygen atoms in total. The van der Waals surface area contributed by atoms with Gasteiger partial charge >= 0.3 is 0 Å². The van der Waals surface area contributed by atoms with Gasteiger partial charge in [0.05, 0.1) is 17.0 Å². The van der Waals surface area contributed by atoms with Gasteiger partial charge < -0.3 is 4.74 Å². The number of nitrogens with zero attached hydrogens (tertiary/aromatic N) is 1. The maximum atomic E-state index is 12.7. The molecule has 0 aliphatic carbocycles. The number of pyridine rings is 1. The summed E-state index contributed by atoms with van der Waals surface area (Å²) in [7, 11) is -2.24. The summed E-state index contributed by atoms with van der Waals surface area (Å²) < 4.78 is 33.1. The third kappa shape index (κ3) is 3.09. The van der Waals surface area contributed by atoms with E-state index in [4.69, 9.17) is 16.3 Å². The molecule has 1 heterocycles. The molecule has 0 radical (unpaired) electrons. The monoisotopic (exact) mass is 348 g/mol. The summed E-state index contributed by atoms with van der Waals surface area (Å²) in [5.41, 5.74) is 0. The first-order valence-corrected chi connectivity index (χ1v) is 8.57. The molecule has 2 aromatic carbocycles. The molecule has 0 aliphatic rings. The van der Waals surface area contributed by atoms with E-state index in [-0.39, 0.29) is 10.7 Å². The van der Waals surface area contributed by atoms with Crippen molar-refractivity contribution < 1.29 is 13.2 Å². The fraction of sp³-hybridized carbons (Fsp3) is 0.0625. The van der Waals surface area contributed by atoms with Gasteiger partial charge in [-0.05, 0) is 24.3 Å². The van der Waals surface area contributed by atoms with Crippen LogP contribution in [0, 0.1) is 0 Å². The Hall–Kier alpha value is -2.31. The third-order valence-electron chi connectivity index (χ3n) is 3.32. The molecule has 118 valence electrons. The molecule has 0 fully saturated rings. The number of anilines is 1. The molecule has 0 atom stereocenters. The lowest BCUT2D eigenvalue weighted by Crippen LogP contribution is -2.14. The van der Waals surface area contributed by atoms with E-state index in [2.05, 4.69) is 9.71 Å². The summed E-state index contributed by atoms with van der Waals surface area (Å²) in [5.74, 6) is 0.818. The molecule has 3 aromatic rings. The van der Waals surface area contributed by atoms with Gasteiger partial charge in [0.2, 0.25) is 0 Å². The fourth-order valence-electron chi connectivity index (χ4n) is 2.28. The maximum Gasteiger partial charge on any atom is 0.263 e. The first-order valence-electron chi connectivity index (χ1n) is 6.71. The third-order valence-corrected chi connectivity index (χ3v) is 4.96. The van der Waals surface area contributed by atoms with E-state index in [0.29, 0.717) is 16.2 Å². The molecule has 7 heteroatoms. The van der Waals surface area contributed by atoms with Crippen LogP contribution >= 0.6 is 11.6 Å². The number of methoxy groups -OCH3 is 1. The Labute approximate surface area is 138 Å². The number of benzene rings is 2. The topological polar surface area (TPSA) is 68.3 Å². The fourth-order valence-corrected chi connectivity index (χ4v) is 3.62. The zero-order chi connectivity index (χ0) is 16.4. The summed E-state index contributed by atoms with van der Waals surface area (Å²) >= 11 is 5.76. The summed E-state index contributed by atoms with van der Waals surface area (Å²) in [5, 5.41) is 1.73. The summed E-state index contributed by atoms with van der Waals surface area (Å²) in [6.07, 6.45) is 1.38. The molecule has 0 saturated carbocycles. The highest BCUT2D eigenvalue weighted by atomic mass is 35.5. The van der Waals surface area contributed by atoms with Gasteiger partial charge in [-0.2, -0.15) is 0 Å². The van der Waals surface area contributed by atoms with E-state index in [1.807, 2.05) is 12.1 Å². The number of fused-ring (bicyclic) bond motifs is 1. The molecule has 23 heavy (non-hydrogen) atoms. The SMILES string of the molecule is COc1ccc(S(=O)(=O)Nc2ccc(Cl)cn2)c2ccccc12. The highest BCUT2D eigenvalue weighted by molar-refractivity contribution is 7.93. The first kappa shape index (κ1) is 15.6. The molecular weight excluding hydrogens is 336 g/mol. The molecule has 0 bridgehead atoms. The van der Waals surface area contributed by atoms with E-state index >= 15 is 0 Å². The minimum absolute atomic E-state index is 0.158. The van der Waals surface area contributed by atoms with Crippen LogP contribution < -0.4 is 9.46 Å². The van der Waals surface area contributed by atoms with E-state index < -0.39 is 10.0 Å². The highest BCUT2D eigenvalue weighted by Gasteiger charge is 2.19. The van der Waals surface area contributed by atoms with Crippen LogP contribution in [-0.2, 0) is 10.0 Å². The number of ether oxygens (including phenoxy) is 1. The summed E-state index contributed by atoms with van der Waals surface area (Å²) in [6, 6.07) is 13.4. The zero-order valence-corrected chi connectivity index (χ0v) is 13.7. The largest absolute Gasteiger partial charge is 0.496 e. The Morgan fingerprint density at radius 3 is 2.43 bits per heavy atom. The van der Waals surface area contributed by atoms with Crippen LogP contribution in [0.25, 0.3) is 10.8 Å². The van der Waals surface area contributed by atoms with Crippen LogP contribution in [0.1, 0.15) is 0 Å². The van der Waals surface area contributed by atoms with Crippen LogP contribution in [0.5, 0.6) is 5.75 Å². The van der Waals surface area contributed by atoms with Crippen molar-refractivity contribution in [2.24, 2.45) is 0 Å². The number of sulfonamides is 1. The van der Waals surface area contributed by atoms with Gasteiger partial charge in [0.15, 0.2) is 0 Å². The predicted octanol–water partition coefficient (Wildman–Crippen LogP) is 3.70. The molecule has 0 unspecified atom stereocenters. The molecule has 0 spiro atoms. The van der Waals surface area contributed by atoms with Gasteiger partial charge in [-0.1, -0.05) is 35.9 Å². The number of hydrogen-bond acceptors (Lipinski definition) is 4. The van der Waals surface area contributed by atoms with Gasteiger partial charge in [-0.25, -0.2) is 13.4 Å². The Kier molecular flexibility index (Phi) is 4.11. The summed E-state index contributed by atoms with van der Waals surface area (Å²) in [6.45, 7) is 0.